The molecule has 0 heterocycles. The summed E-state index contributed by atoms with van der Waals surface area (Å²) in [5.74, 6) is 0. The normalized spacial score (nSPS) is 10.2. The number of hydrogen-bond acceptors (Lipinski definition) is 4. The van der Waals surface area contributed by atoms with Gasteiger partial charge in [-0.3, -0.25) is 0 Å². The van der Waals surface area contributed by atoms with Gasteiger partial charge in [-0.1, -0.05) is 18.2 Å². The highest BCUT2D eigenvalue weighted by Gasteiger charge is 2.06. The second-order valence-corrected chi connectivity index (χ2v) is 4.92. The van der Waals surface area contributed by atoms with Crippen molar-refractivity contribution in [3.8, 4) is 11.1 Å². The fourth-order valence-electron chi connectivity index (χ4n) is 1.94. The van der Waals surface area contributed by atoms with E-state index < -0.39 is 10.5 Å². The zero-order valence-corrected chi connectivity index (χ0v) is 11.5. The van der Waals surface area contributed by atoms with Crippen LogP contribution in [-0.2, 0) is 10.5 Å². The van der Waals surface area contributed by atoms with Gasteiger partial charge in [0.05, 0.1) is 5.69 Å². The molecule has 98 valence electrons. The smallest absolute Gasteiger partial charge is 0.316 e. The summed E-state index contributed by atoms with van der Waals surface area (Å²) in [5, 5.41) is 0. The first-order valence-electron chi connectivity index (χ1n) is 5.76. The maximum atomic E-state index is 10.5. The van der Waals surface area contributed by atoms with Crippen molar-refractivity contribution in [3.63, 3.8) is 0 Å². The van der Waals surface area contributed by atoms with Crippen LogP contribution in [0.2, 0.25) is 0 Å². The Hall–Kier alpha value is -2.14. The van der Waals surface area contributed by atoms with E-state index in [1.54, 1.807) is 12.1 Å². The summed E-state index contributed by atoms with van der Waals surface area (Å²) in [6.45, 7) is 4.00. The van der Waals surface area contributed by atoms with Crippen LogP contribution < -0.4 is 5.73 Å². The minimum Gasteiger partial charge on any atom is -0.399 e. The molecule has 0 aliphatic carbocycles. The highest BCUT2D eigenvalue weighted by molar-refractivity contribution is 7.61. The fraction of sp³-hybridized carbons (Fsp3) is 0.143. The minimum absolute atomic E-state index is 0.418. The van der Waals surface area contributed by atoms with Gasteiger partial charge in [0.2, 0.25) is 0 Å². The first-order chi connectivity index (χ1) is 8.99. The molecule has 2 N–H and O–H groups in total. The van der Waals surface area contributed by atoms with Crippen LogP contribution in [0, 0.1) is 13.8 Å². The highest BCUT2D eigenvalue weighted by Crippen LogP contribution is 2.29. The molecule has 0 radical (unpaired) electrons. The van der Waals surface area contributed by atoms with E-state index in [0.717, 1.165) is 27.9 Å². The van der Waals surface area contributed by atoms with Gasteiger partial charge in [-0.25, -0.2) is 0 Å². The molecule has 0 aromatic heterocycles. The van der Waals surface area contributed by atoms with Crippen LogP contribution in [0.3, 0.4) is 0 Å². The van der Waals surface area contributed by atoms with Gasteiger partial charge in [-0.2, -0.15) is 8.42 Å². The average molecular weight is 274 g/mol. The lowest BCUT2D eigenvalue weighted by Gasteiger charge is -2.11. The molecule has 0 fully saturated rings. The Morgan fingerprint density at radius 3 is 2.16 bits per heavy atom. The van der Waals surface area contributed by atoms with Crippen LogP contribution in [0.25, 0.3) is 11.1 Å². The molecule has 5 heteroatoms. The van der Waals surface area contributed by atoms with E-state index in [1.807, 2.05) is 38.1 Å². The van der Waals surface area contributed by atoms with E-state index in [2.05, 4.69) is 4.36 Å². The van der Waals surface area contributed by atoms with E-state index in [0.29, 0.717) is 5.69 Å². The van der Waals surface area contributed by atoms with E-state index in [9.17, 15) is 8.42 Å². The van der Waals surface area contributed by atoms with Crippen LogP contribution >= 0.6 is 0 Å². The van der Waals surface area contributed by atoms with Crippen LogP contribution in [0.5, 0.6) is 0 Å². The molecule has 2 aromatic rings. The maximum absolute atomic E-state index is 10.5. The largest absolute Gasteiger partial charge is 0.399 e. The third kappa shape index (κ3) is 2.82. The van der Waals surface area contributed by atoms with E-state index in [-0.39, 0.29) is 0 Å². The van der Waals surface area contributed by atoms with Crippen molar-refractivity contribution in [2.75, 3.05) is 5.73 Å². The third-order valence-electron chi connectivity index (χ3n) is 3.19. The molecule has 2 rings (SSSR count). The van der Waals surface area contributed by atoms with Gasteiger partial charge in [0.15, 0.2) is 0 Å². The van der Waals surface area contributed by atoms with Crippen molar-refractivity contribution >= 4 is 21.9 Å². The molecule has 0 aliphatic heterocycles. The molecular weight excluding hydrogens is 260 g/mol. The second-order valence-electron chi connectivity index (χ2n) is 4.31. The van der Waals surface area contributed by atoms with Gasteiger partial charge in [0.1, 0.15) is 0 Å². The summed E-state index contributed by atoms with van der Waals surface area (Å²) >= 11 is 0. The zero-order valence-electron chi connectivity index (χ0n) is 10.7. The quantitative estimate of drug-likeness (QED) is 0.854. The number of hydrogen-bond donors (Lipinski definition) is 1. The number of rotatable bonds is 2. The Morgan fingerprint density at radius 1 is 0.947 bits per heavy atom. The predicted molar refractivity (Wildman–Crippen MR) is 76.8 cm³/mol. The third-order valence-corrected chi connectivity index (χ3v) is 3.55. The number of benzene rings is 2. The Labute approximate surface area is 113 Å². The number of nitrogens with two attached hydrogens (primary N) is 1. The summed E-state index contributed by atoms with van der Waals surface area (Å²) in [7, 11) is -2.42. The van der Waals surface area contributed by atoms with Crippen LogP contribution in [0.15, 0.2) is 40.8 Å². The maximum Gasteiger partial charge on any atom is 0.316 e. The summed E-state index contributed by atoms with van der Waals surface area (Å²) in [6, 6.07) is 10.9. The van der Waals surface area contributed by atoms with Crippen LogP contribution in [0.4, 0.5) is 11.4 Å². The Bertz CT molecular complexity index is 740. The number of nitrogens with zero attached hydrogens (tertiary/aromatic N) is 1. The first kappa shape index (κ1) is 13.3. The van der Waals surface area contributed by atoms with Crippen molar-refractivity contribution in [3.05, 3.63) is 47.5 Å². The highest BCUT2D eigenvalue weighted by atomic mass is 32.2. The Kier molecular flexibility index (Phi) is 3.66. The standard InChI is InChI=1S/C14H14N2O2S/c1-9-10(2)14(15)8-7-13(9)11-3-5-12(6-4-11)16-19(17)18/h3-8H,15H2,1-2H3. The van der Waals surface area contributed by atoms with Crippen molar-refractivity contribution in [1.29, 1.82) is 0 Å². The zero-order chi connectivity index (χ0) is 14.0. The van der Waals surface area contributed by atoms with Crippen molar-refractivity contribution < 1.29 is 8.42 Å². The molecule has 0 saturated heterocycles. The molecule has 0 atom stereocenters. The van der Waals surface area contributed by atoms with Gasteiger partial charge in [0.25, 0.3) is 0 Å². The predicted octanol–water partition coefficient (Wildman–Crippen LogP) is 3.25. The monoisotopic (exact) mass is 274 g/mol. The number of anilines is 1. The van der Waals surface area contributed by atoms with E-state index >= 15 is 0 Å². The summed E-state index contributed by atoms with van der Waals surface area (Å²) < 4.78 is 24.4. The molecule has 0 saturated carbocycles. The number of nitrogen functional groups attached to an aromatic ring is 1. The molecule has 4 nitrogen and oxygen atoms in total. The summed E-state index contributed by atoms with van der Waals surface area (Å²) in [5.41, 5.74) is 11.3. The Morgan fingerprint density at radius 2 is 1.58 bits per heavy atom. The lowest BCUT2D eigenvalue weighted by atomic mass is 9.96. The molecule has 0 amide bonds. The summed E-state index contributed by atoms with van der Waals surface area (Å²) in [6.07, 6.45) is 0. The molecule has 0 unspecified atom stereocenters. The molecule has 0 spiro atoms. The first-order valence-corrected chi connectivity index (χ1v) is 6.79. The fourth-order valence-corrected chi connectivity index (χ4v) is 2.24. The van der Waals surface area contributed by atoms with E-state index in [1.165, 1.54) is 0 Å². The molecule has 2 aromatic carbocycles. The molecule has 0 aliphatic rings. The van der Waals surface area contributed by atoms with Gasteiger partial charge in [-0.05, 0) is 54.3 Å². The SMILES string of the molecule is Cc1c(N)ccc(-c2ccc(N=S(=O)=O)cc2)c1C. The molecule has 0 bridgehead atoms. The van der Waals surface area contributed by atoms with Crippen molar-refractivity contribution in [1.82, 2.24) is 0 Å². The second kappa shape index (κ2) is 5.24. The summed E-state index contributed by atoms with van der Waals surface area (Å²) in [4.78, 5) is 0. The topological polar surface area (TPSA) is 72.5 Å². The van der Waals surface area contributed by atoms with Gasteiger partial charge >= 0.3 is 10.5 Å². The minimum atomic E-state index is -2.42. The molecule has 19 heavy (non-hydrogen) atoms. The Balaban J connectivity index is 2.49. The lowest BCUT2D eigenvalue weighted by Crippen LogP contribution is -1.94. The molecular formula is C14H14N2O2S. The van der Waals surface area contributed by atoms with Gasteiger partial charge in [-0.15, -0.1) is 4.36 Å². The van der Waals surface area contributed by atoms with E-state index in [4.69, 9.17) is 5.73 Å². The average Bonchev–Trinajstić information content (AvgIpc) is 2.37. The van der Waals surface area contributed by atoms with Gasteiger partial charge < -0.3 is 5.73 Å². The van der Waals surface area contributed by atoms with Gasteiger partial charge in [0, 0.05) is 5.69 Å². The van der Waals surface area contributed by atoms with Crippen molar-refractivity contribution in [2.45, 2.75) is 13.8 Å². The van der Waals surface area contributed by atoms with Crippen LogP contribution in [-0.4, -0.2) is 8.42 Å². The van der Waals surface area contributed by atoms with Crippen LogP contribution in [0.1, 0.15) is 11.1 Å². The van der Waals surface area contributed by atoms with Crippen molar-refractivity contribution in [2.24, 2.45) is 4.36 Å². The lowest BCUT2D eigenvalue weighted by molar-refractivity contribution is 0.622.